The van der Waals surface area contributed by atoms with Gasteiger partial charge in [-0.3, -0.25) is 0 Å². The van der Waals surface area contributed by atoms with Gasteiger partial charge in [0.05, 0.1) is 12.0 Å². The molecule has 0 aliphatic rings. The molecule has 0 saturated heterocycles. The Morgan fingerprint density at radius 2 is 1.74 bits per heavy atom. The lowest BCUT2D eigenvalue weighted by atomic mass is 10.2. The van der Waals surface area contributed by atoms with E-state index in [-0.39, 0.29) is 10.5 Å². The summed E-state index contributed by atoms with van der Waals surface area (Å²) >= 11 is 0. The lowest BCUT2D eigenvalue weighted by molar-refractivity contribution is 0.414. The molecule has 3 aromatic rings. The topological polar surface area (TPSA) is 73.6 Å². The molecule has 23 heavy (non-hydrogen) atoms. The van der Waals surface area contributed by atoms with Gasteiger partial charge in [-0.1, -0.05) is 0 Å². The number of halogens is 1. The first-order valence-corrected chi connectivity index (χ1v) is 8.03. The van der Waals surface area contributed by atoms with Crippen LogP contribution in [-0.2, 0) is 9.84 Å². The molecular formula is C16H11FO5S. The highest BCUT2D eigenvalue weighted by atomic mass is 32.2. The van der Waals surface area contributed by atoms with Crippen LogP contribution >= 0.6 is 0 Å². The second kappa shape index (κ2) is 5.51. The molecule has 1 heterocycles. The number of hydrogen-bond donors (Lipinski definition) is 0. The summed E-state index contributed by atoms with van der Waals surface area (Å²) in [6.45, 7) is 0. The first kappa shape index (κ1) is 15.2. The average molecular weight is 334 g/mol. The lowest BCUT2D eigenvalue weighted by Gasteiger charge is -2.06. The standard InChI is InChI=1S/C16H11FO5S/c1-21-12-5-2-10-8-15(16(18)22-14(10)9-12)23(19,20)13-6-3-11(17)4-7-13/h2-9H,1H3. The summed E-state index contributed by atoms with van der Waals surface area (Å²) in [5.41, 5.74) is -0.775. The molecule has 0 saturated carbocycles. The summed E-state index contributed by atoms with van der Waals surface area (Å²) in [4.78, 5) is 11.4. The Morgan fingerprint density at radius 3 is 2.39 bits per heavy atom. The van der Waals surface area contributed by atoms with Gasteiger partial charge >= 0.3 is 5.63 Å². The third kappa shape index (κ3) is 2.70. The zero-order valence-electron chi connectivity index (χ0n) is 11.9. The normalized spacial score (nSPS) is 11.6. The van der Waals surface area contributed by atoms with Gasteiger partial charge in [0.2, 0.25) is 9.84 Å². The van der Waals surface area contributed by atoms with Gasteiger partial charge < -0.3 is 9.15 Å². The molecule has 0 amide bonds. The minimum Gasteiger partial charge on any atom is -0.497 e. The van der Waals surface area contributed by atoms with Crippen LogP contribution in [0.5, 0.6) is 5.75 Å². The van der Waals surface area contributed by atoms with Gasteiger partial charge in [-0.2, -0.15) is 0 Å². The minimum atomic E-state index is -4.10. The fourth-order valence-corrected chi connectivity index (χ4v) is 3.42. The van der Waals surface area contributed by atoms with Gasteiger partial charge in [-0.25, -0.2) is 17.6 Å². The molecule has 0 fully saturated rings. The van der Waals surface area contributed by atoms with E-state index in [4.69, 9.17) is 9.15 Å². The Morgan fingerprint density at radius 1 is 1.04 bits per heavy atom. The molecule has 5 nitrogen and oxygen atoms in total. The Kier molecular flexibility index (Phi) is 3.65. The van der Waals surface area contributed by atoms with E-state index >= 15 is 0 Å². The molecule has 0 aliphatic carbocycles. The van der Waals surface area contributed by atoms with E-state index in [0.29, 0.717) is 11.1 Å². The van der Waals surface area contributed by atoms with Crippen LogP contribution in [0, 0.1) is 5.82 Å². The molecule has 7 heteroatoms. The van der Waals surface area contributed by atoms with Crippen molar-refractivity contribution < 1.29 is 22.0 Å². The summed E-state index contributed by atoms with van der Waals surface area (Å²) in [6.07, 6.45) is 0. The number of hydrogen-bond acceptors (Lipinski definition) is 5. The van der Waals surface area contributed by atoms with Crippen LogP contribution in [0.2, 0.25) is 0 Å². The zero-order valence-corrected chi connectivity index (χ0v) is 12.8. The monoisotopic (exact) mass is 334 g/mol. The predicted octanol–water partition coefficient (Wildman–Crippen LogP) is 2.77. The number of ether oxygens (including phenoxy) is 1. The molecule has 0 bridgehead atoms. The third-order valence-electron chi connectivity index (χ3n) is 3.32. The molecule has 0 unspecified atom stereocenters. The van der Waals surface area contributed by atoms with Crippen molar-refractivity contribution in [3.8, 4) is 5.75 Å². The van der Waals surface area contributed by atoms with Crippen LogP contribution < -0.4 is 10.4 Å². The van der Waals surface area contributed by atoms with E-state index in [1.54, 1.807) is 12.1 Å². The first-order chi connectivity index (χ1) is 10.9. The van der Waals surface area contributed by atoms with Gasteiger partial charge in [-0.15, -0.1) is 0 Å². The Labute approximate surface area is 130 Å². The van der Waals surface area contributed by atoms with Crippen LogP contribution in [-0.4, -0.2) is 15.5 Å². The predicted molar refractivity (Wildman–Crippen MR) is 80.9 cm³/mol. The molecule has 0 spiro atoms. The molecule has 2 aromatic carbocycles. The molecule has 0 atom stereocenters. The van der Waals surface area contributed by atoms with Crippen molar-refractivity contribution in [1.82, 2.24) is 0 Å². The maximum Gasteiger partial charge on any atom is 0.355 e. The number of sulfone groups is 1. The molecule has 118 valence electrons. The van der Waals surface area contributed by atoms with E-state index in [0.717, 1.165) is 24.3 Å². The van der Waals surface area contributed by atoms with Crippen LogP contribution in [0.1, 0.15) is 0 Å². The highest BCUT2D eigenvalue weighted by Crippen LogP contribution is 2.24. The Balaban J connectivity index is 2.21. The van der Waals surface area contributed by atoms with Crippen molar-refractivity contribution in [3.05, 3.63) is 64.8 Å². The first-order valence-electron chi connectivity index (χ1n) is 6.54. The second-order valence-electron chi connectivity index (χ2n) is 4.76. The number of methoxy groups -OCH3 is 1. The third-order valence-corrected chi connectivity index (χ3v) is 5.08. The maximum atomic E-state index is 12.9. The quantitative estimate of drug-likeness (QED) is 0.544. The SMILES string of the molecule is COc1ccc2cc(S(=O)(=O)c3ccc(F)cc3)c(=O)oc2c1. The van der Waals surface area contributed by atoms with Crippen molar-refractivity contribution in [3.63, 3.8) is 0 Å². The van der Waals surface area contributed by atoms with Gasteiger partial charge in [0.15, 0.2) is 4.90 Å². The molecule has 3 rings (SSSR count). The molecule has 0 N–H and O–H groups in total. The van der Waals surface area contributed by atoms with Gasteiger partial charge in [0, 0.05) is 11.5 Å². The summed E-state index contributed by atoms with van der Waals surface area (Å²) in [5, 5.41) is 0.436. The zero-order chi connectivity index (χ0) is 16.6. The van der Waals surface area contributed by atoms with Crippen LogP contribution in [0.15, 0.2) is 67.5 Å². The number of fused-ring (bicyclic) bond motifs is 1. The number of rotatable bonds is 3. The summed E-state index contributed by atoms with van der Waals surface area (Å²) in [7, 11) is -2.63. The lowest BCUT2D eigenvalue weighted by Crippen LogP contribution is -2.14. The summed E-state index contributed by atoms with van der Waals surface area (Å²) < 4.78 is 48.1. The van der Waals surface area contributed by atoms with Crippen molar-refractivity contribution in [2.24, 2.45) is 0 Å². The Bertz CT molecular complexity index is 1040. The summed E-state index contributed by atoms with van der Waals surface area (Å²) in [6, 6.07) is 10.2. The van der Waals surface area contributed by atoms with Gasteiger partial charge in [-0.05, 0) is 42.5 Å². The van der Waals surface area contributed by atoms with E-state index in [1.807, 2.05) is 0 Å². The van der Waals surface area contributed by atoms with E-state index in [9.17, 15) is 17.6 Å². The van der Waals surface area contributed by atoms with Crippen molar-refractivity contribution >= 4 is 20.8 Å². The van der Waals surface area contributed by atoms with Crippen molar-refractivity contribution in [2.75, 3.05) is 7.11 Å². The average Bonchev–Trinajstić information content (AvgIpc) is 2.53. The highest BCUT2D eigenvalue weighted by Gasteiger charge is 2.23. The number of benzene rings is 2. The fourth-order valence-electron chi connectivity index (χ4n) is 2.13. The van der Waals surface area contributed by atoms with E-state index < -0.39 is 26.2 Å². The largest absolute Gasteiger partial charge is 0.497 e. The fraction of sp³-hybridized carbons (Fsp3) is 0.0625. The van der Waals surface area contributed by atoms with Crippen LogP contribution in [0.4, 0.5) is 4.39 Å². The highest BCUT2D eigenvalue weighted by molar-refractivity contribution is 7.91. The molecule has 0 aliphatic heterocycles. The Hall–Kier alpha value is -2.67. The molecule has 1 aromatic heterocycles. The van der Waals surface area contributed by atoms with E-state index in [2.05, 4.69) is 0 Å². The second-order valence-corrected chi connectivity index (χ2v) is 6.68. The van der Waals surface area contributed by atoms with Crippen molar-refractivity contribution in [1.29, 1.82) is 0 Å². The molecule has 0 radical (unpaired) electrons. The van der Waals surface area contributed by atoms with Crippen LogP contribution in [0.3, 0.4) is 0 Å². The maximum absolute atomic E-state index is 12.9. The van der Waals surface area contributed by atoms with Crippen LogP contribution in [0.25, 0.3) is 11.0 Å². The molecular weight excluding hydrogens is 323 g/mol. The van der Waals surface area contributed by atoms with Gasteiger partial charge in [0.1, 0.15) is 17.1 Å². The van der Waals surface area contributed by atoms with Crippen molar-refractivity contribution in [2.45, 2.75) is 9.79 Å². The van der Waals surface area contributed by atoms with Gasteiger partial charge in [0.25, 0.3) is 0 Å². The minimum absolute atomic E-state index is 0.181. The summed E-state index contributed by atoms with van der Waals surface area (Å²) in [5.74, 6) is -0.0867. The van der Waals surface area contributed by atoms with E-state index in [1.165, 1.54) is 19.2 Å². The smallest absolute Gasteiger partial charge is 0.355 e.